The molecule has 0 amide bonds. The zero-order valence-corrected chi connectivity index (χ0v) is 19.2. The van der Waals surface area contributed by atoms with Crippen LogP contribution in [0.2, 0.25) is 0 Å². The fourth-order valence-corrected chi connectivity index (χ4v) is 7.30. The van der Waals surface area contributed by atoms with Crippen molar-refractivity contribution < 1.29 is 0 Å². The van der Waals surface area contributed by atoms with Crippen molar-refractivity contribution in [2.75, 3.05) is 0 Å². The van der Waals surface area contributed by atoms with Gasteiger partial charge in [0.05, 0.1) is 11.5 Å². The van der Waals surface area contributed by atoms with E-state index in [1.54, 1.807) is 0 Å². The second kappa shape index (κ2) is 10.00. The number of hydrogen-bond donors (Lipinski definition) is 0. The Morgan fingerprint density at radius 3 is 1.79 bits per heavy atom. The van der Waals surface area contributed by atoms with Crippen molar-refractivity contribution in [3.8, 4) is 6.07 Å². The Morgan fingerprint density at radius 1 is 0.679 bits per heavy atom. The Labute approximate surface area is 176 Å². The highest BCUT2D eigenvalue weighted by atomic mass is 14.6. The van der Waals surface area contributed by atoms with Gasteiger partial charge in [-0.05, 0) is 93.8 Å². The van der Waals surface area contributed by atoms with Gasteiger partial charge in [-0.15, -0.1) is 0 Å². The fourth-order valence-electron chi connectivity index (χ4n) is 7.30. The lowest BCUT2D eigenvalue weighted by Gasteiger charge is -2.58. The molecule has 0 aliphatic heterocycles. The maximum absolute atomic E-state index is 9.96. The topological polar surface area (TPSA) is 23.8 Å². The molecule has 2 bridgehead atoms. The van der Waals surface area contributed by atoms with Crippen molar-refractivity contribution in [2.24, 2.45) is 22.2 Å². The van der Waals surface area contributed by atoms with Gasteiger partial charge in [0.15, 0.2) is 0 Å². The first-order valence-corrected chi connectivity index (χ1v) is 13.0. The summed E-state index contributed by atoms with van der Waals surface area (Å²) in [5.41, 5.74) is 1.45. The Hall–Kier alpha value is -0.510. The van der Waals surface area contributed by atoms with Crippen LogP contribution in [0.1, 0.15) is 142 Å². The van der Waals surface area contributed by atoms with Gasteiger partial charge in [-0.1, -0.05) is 65.2 Å². The Balaban J connectivity index is 1.47. The van der Waals surface area contributed by atoms with Crippen molar-refractivity contribution >= 4 is 0 Å². The van der Waals surface area contributed by atoms with E-state index in [-0.39, 0.29) is 5.41 Å². The molecular formula is C27H47N. The second-order valence-electron chi connectivity index (χ2n) is 11.2. The third kappa shape index (κ3) is 4.96. The number of nitrogens with zero attached hydrogens (tertiary/aromatic N) is 1. The molecule has 0 aromatic carbocycles. The predicted octanol–water partition coefficient (Wildman–Crippen LogP) is 8.97. The molecule has 0 aromatic heterocycles. The first-order chi connectivity index (χ1) is 13.6. The molecule has 4 aliphatic carbocycles. The van der Waals surface area contributed by atoms with Crippen LogP contribution in [0.15, 0.2) is 0 Å². The largest absolute Gasteiger partial charge is 0.198 e. The highest BCUT2D eigenvalue weighted by molar-refractivity contribution is 5.07. The molecule has 0 N–H and O–H groups in total. The van der Waals surface area contributed by atoms with Crippen LogP contribution in [0.25, 0.3) is 0 Å². The average molecular weight is 386 g/mol. The van der Waals surface area contributed by atoms with E-state index in [4.69, 9.17) is 0 Å². The highest BCUT2D eigenvalue weighted by Gasteiger charge is 2.52. The Bertz CT molecular complexity index is 480. The maximum atomic E-state index is 9.96. The van der Waals surface area contributed by atoms with Gasteiger partial charge in [-0.2, -0.15) is 5.26 Å². The molecule has 0 unspecified atom stereocenters. The minimum Gasteiger partial charge on any atom is -0.198 e. The Kier molecular flexibility index (Phi) is 7.92. The maximum Gasteiger partial charge on any atom is 0.0689 e. The highest BCUT2D eigenvalue weighted by Crippen LogP contribution is 2.64. The van der Waals surface area contributed by atoms with E-state index < -0.39 is 0 Å². The number of unbranched alkanes of at least 4 members (excludes halogenated alkanes) is 6. The molecule has 4 fully saturated rings. The van der Waals surface area contributed by atoms with E-state index in [0.29, 0.717) is 5.41 Å². The van der Waals surface area contributed by atoms with Crippen LogP contribution < -0.4 is 0 Å². The molecule has 4 saturated carbocycles. The van der Waals surface area contributed by atoms with Gasteiger partial charge in [0, 0.05) is 0 Å². The van der Waals surface area contributed by atoms with Crippen LogP contribution >= 0.6 is 0 Å². The molecule has 1 heteroatoms. The molecule has 0 spiro atoms. The van der Waals surface area contributed by atoms with Crippen LogP contribution in [0.4, 0.5) is 0 Å². The molecule has 4 aliphatic rings. The van der Waals surface area contributed by atoms with Crippen molar-refractivity contribution in [1.82, 2.24) is 0 Å². The normalized spacial score (nSPS) is 37.7. The first kappa shape index (κ1) is 22.2. The SMILES string of the molecule is CCCCCCCC1(C#N)CCC(C23CCC(CCCCC)(CC2)CC3)CC1. The molecule has 4 rings (SSSR count). The summed E-state index contributed by atoms with van der Waals surface area (Å²) in [7, 11) is 0. The summed E-state index contributed by atoms with van der Waals surface area (Å²) in [6.07, 6.45) is 27.8. The van der Waals surface area contributed by atoms with Crippen LogP contribution in [-0.2, 0) is 0 Å². The summed E-state index contributed by atoms with van der Waals surface area (Å²) in [5, 5.41) is 9.96. The zero-order valence-electron chi connectivity index (χ0n) is 19.2. The minimum atomic E-state index is 0.0343. The van der Waals surface area contributed by atoms with Crippen LogP contribution in [-0.4, -0.2) is 0 Å². The summed E-state index contributed by atoms with van der Waals surface area (Å²) in [6.45, 7) is 4.61. The molecular weight excluding hydrogens is 338 g/mol. The molecule has 160 valence electrons. The summed E-state index contributed by atoms with van der Waals surface area (Å²) in [6, 6.07) is 2.81. The van der Waals surface area contributed by atoms with Crippen molar-refractivity contribution in [1.29, 1.82) is 5.26 Å². The Morgan fingerprint density at radius 2 is 1.21 bits per heavy atom. The minimum absolute atomic E-state index is 0.0343. The van der Waals surface area contributed by atoms with Crippen molar-refractivity contribution in [3.63, 3.8) is 0 Å². The lowest BCUT2D eigenvalue weighted by molar-refractivity contribution is -0.0690. The summed E-state index contributed by atoms with van der Waals surface area (Å²) in [4.78, 5) is 0. The van der Waals surface area contributed by atoms with Crippen molar-refractivity contribution in [2.45, 2.75) is 142 Å². The van der Waals surface area contributed by atoms with Gasteiger partial charge in [-0.25, -0.2) is 0 Å². The zero-order chi connectivity index (χ0) is 19.9. The van der Waals surface area contributed by atoms with Crippen LogP contribution in [0.3, 0.4) is 0 Å². The van der Waals surface area contributed by atoms with E-state index in [1.165, 1.54) is 128 Å². The lowest BCUT2D eigenvalue weighted by atomic mass is 9.47. The second-order valence-corrected chi connectivity index (χ2v) is 11.2. The molecule has 28 heavy (non-hydrogen) atoms. The van der Waals surface area contributed by atoms with Gasteiger partial charge in [-0.3, -0.25) is 0 Å². The van der Waals surface area contributed by atoms with Gasteiger partial charge in [0.25, 0.3) is 0 Å². The van der Waals surface area contributed by atoms with E-state index in [1.807, 2.05) is 0 Å². The quantitative estimate of drug-likeness (QED) is 0.325. The number of hydrogen-bond acceptors (Lipinski definition) is 1. The van der Waals surface area contributed by atoms with Gasteiger partial charge < -0.3 is 0 Å². The molecule has 0 saturated heterocycles. The van der Waals surface area contributed by atoms with Crippen LogP contribution in [0, 0.1) is 33.5 Å². The summed E-state index contributed by atoms with van der Waals surface area (Å²) in [5.74, 6) is 0.933. The lowest BCUT2D eigenvalue weighted by Crippen LogP contribution is -2.47. The van der Waals surface area contributed by atoms with E-state index >= 15 is 0 Å². The molecule has 1 nitrogen and oxygen atoms in total. The summed E-state index contributed by atoms with van der Waals surface area (Å²) < 4.78 is 0. The van der Waals surface area contributed by atoms with E-state index in [9.17, 15) is 5.26 Å². The fraction of sp³-hybridized carbons (Fsp3) is 0.963. The molecule has 0 atom stereocenters. The van der Waals surface area contributed by atoms with Gasteiger partial charge in [0.2, 0.25) is 0 Å². The number of rotatable bonds is 11. The predicted molar refractivity (Wildman–Crippen MR) is 120 cm³/mol. The number of fused-ring (bicyclic) bond motifs is 3. The van der Waals surface area contributed by atoms with Crippen molar-refractivity contribution in [3.05, 3.63) is 0 Å². The number of nitriles is 1. The third-order valence-electron chi connectivity index (χ3n) is 9.58. The van der Waals surface area contributed by atoms with Gasteiger partial charge in [0.1, 0.15) is 0 Å². The van der Waals surface area contributed by atoms with E-state index in [2.05, 4.69) is 19.9 Å². The first-order valence-electron chi connectivity index (χ1n) is 13.0. The molecule has 0 heterocycles. The smallest absolute Gasteiger partial charge is 0.0689 e. The van der Waals surface area contributed by atoms with Gasteiger partial charge >= 0.3 is 0 Å². The third-order valence-corrected chi connectivity index (χ3v) is 9.58. The summed E-state index contributed by atoms with van der Waals surface area (Å²) >= 11 is 0. The monoisotopic (exact) mass is 385 g/mol. The standard InChI is InChI=1S/C27H47N/c1-3-5-7-8-10-14-26(23-28)15-11-24(12-16-26)27-20-17-25(18-21-27,19-22-27)13-9-6-4-2/h24H,3-22H2,1-2H3. The van der Waals surface area contributed by atoms with Crippen LogP contribution in [0.5, 0.6) is 0 Å². The average Bonchev–Trinajstić information content (AvgIpc) is 2.75. The van der Waals surface area contributed by atoms with E-state index in [0.717, 1.165) is 11.3 Å². The molecule has 0 aromatic rings. The molecule has 0 radical (unpaired) electrons.